The number of amides is 1. The highest BCUT2D eigenvalue weighted by Crippen LogP contribution is 2.31. The fraction of sp³-hybridized carbons (Fsp3) is 0.269. The van der Waals surface area contributed by atoms with Gasteiger partial charge in [-0.05, 0) is 63.1 Å². The number of rotatable bonds is 6. The first-order valence-corrected chi connectivity index (χ1v) is 12.6. The maximum absolute atomic E-state index is 13.9. The Kier molecular flexibility index (Phi) is 8.34. The van der Waals surface area contributed by atoms with Crippen molar-refractivity contribution in [3.63, 3.8) is 0 Å². The van der Waals surface area contributed by atoms with Crippen LogP contribution in [0.2, 0.25) is 0 Å². The predicted octanol–water partition coefficient (Wildman–Crippen LogP) is 5.67. The Labute approximate surface area is 206 Å². The smallest absolute Gasteiger partial charge is 0.211 e. The number of benzene rings is 2. The Morgan fingerprint density at radius 2 is 1.94 bits per heavy atom. The van der Waals surface area contributed by atoms with Crippen molar-refractivity contribution in [2.45, 2.75) is 44.6 Å². The van der Waals surface area contributed by atoms with Crippen molar-refractivity contribution in [2.75, 3.05) is 11.6 Å². The van der Waals surface area contributed by atoms with Crippen molar-refractivity contribution in [3.8, 4) is 11.5 Å². The second-order valence-corrected chi connectivity index (χ2v) is 10.1. The minimum absolute atomic E-state index is 0.0389. The molecule has 0 spiro atoms. The van der Waals surface area contributed by atoms with Crippen molar-refractivity contribution < 1.29 is 18.1 Å². The SMILES string of the molecule is CC(C)(C)n1cc(NC=O)cn1.CCc1ccc(Oc2ccnc3ccc(S(C)=O)cc23)cc1F. The second-order valence-electron chi connectivity index (χ2n) is 8.76. The summed E-state index contributed by atoms with van der Waals surface area (Å²) in [5.41, 5.74) is 2.07. The second kappa shape index (κ2) is 11.2. The number of hydrogen-bond donors (Lipinski definition) is 1. The van der Waals surface area contributed by atoms with Crippen LogP contribution in [0.25, 0.3) is 10.9 Å². The zero-order chi connectivity index (χ0) is 25.6. The standard InChI is InChI=1S/C18H16FNO2S.C8H13N3O/c1-3-12-4-5-13(10-16(12)19)22-18-8-9-20-17-7-6-14(23(2)21)11-15(17)18;1-8(2,3)11-5-7(4-10-11)9-6-12/h4-11H,3H2,1-2H3;4-6H,1-3H3,(H,9,12). The summed E-state index contributed by atoms with van der Waals surface area (Å²) in [6.45, 7) is 8.04. The Bertz CT molecular complexity index is 1350. The minimum Gasteiger partial charge on any atom is -0.456 e. The summed E-state index contributed by atoms with van der Waals surface area (Å²) in [5.74, 6) is 0.708. The lowest BCUT2D eigenvalue weighted by molar-refractivity contribution is -0.105. The fourth-order valence-corrected chi connectivity index (χ4v) is 3.75. The number of anilines is 1. The zero-order valence-electron chi connectivity index (χ0n) is 20.4. The highest BCUT2D eigenvalue weighted by Gasteiger charge is 2.13. The van der Waals surface area contributed by atoms with Gasteiger partial charge in [0.15, 0.2) is 0 Å². The van der Waals surface area contributed by atoms with Crippen LogP contribution in [0, 0.1) is 5.82 Å². The van der Waals surface area contributed by atoms with Gasteiger partial charge in [-0.1, -0.05) is 13.0 Å². The molecule has 4 aromatic rings. The van der Waals surface area contributed by atoms with Crippen molar-refractivity contribution in [3.05, 3.63) is 72.4 Å². The molecule has 0 fully saturated rings. The van der Waals surface area contributed by atoms with Crippen molar-refractivity contribution in [1.82, 2.24) is 14.8 Å². The fourth-order valence-electron chi connectivity index (χ4n) is 3.21. The Morgan fingerprint density at radius 3 is 2.54 bits per heavy atom. The molecule has 1 amide bonds. The number of aromatic nitrogens is 3. The summed E-state index contributed by atoms with van der Waals surface area (Å²) >= 11 is 0. The first kappa shape index (κ1) is 26.0. The number of hydrogen-bond acceptors (Lipinski definition) is 5. The van der Waals surface area contributed by atoms with Crippen LogP contribution in [-0.4, -0.2) is 31.6 Å². The van der Waals surface area contributed by atoms with Crippen LogP contribution >= 0.6 is 0 Å². The van der Waals surface area contributed by atoms with Gasteiger partial charge in [-0.2, -0.15) is 5.10 Å². The largest absolute Gasteiger partial charge is 0.456 e. The zero-order valence-corrected chi connectivity index (χ0v) is 21.2. The third-order valence-corrected chi connectivity index (χ3v) is 6.05. The van der Waals surface area contributed by atoms with E-state index >= 15 is 0 Å². The van der Waals surface area contributed by atoms with Gasteiger partial charge >= 0.3 is 0 Å². The van der Waals surface area contributed by atoms with Gasteiger partial charge in [0.05, 0.1) is 22.9 Å². The van der Waals surface area contributed by atoms with E-state index in [1.165, 1.54) is 6.07 Å². The van der Waals surface area contributed by atoms with Gasteiger partial charge in [-0.3, -0.25) is 18.7 Å². The number of carbonyl (C=O) groups is 1. The molecule has 2 heterocycles. The summed E-state index contributed by atoms with van der Waals surface area (Å²) < 4.78 is 33.2. The van der Waals surface area contributed by atoms with Gasteiger partial charge in [-0.25, -0.2) is 4.39 Å². The average molecular weight is 497 g/mol. The van der Waals surface area contributed by atoms with E-state index in [9.17, 15) is 13.4 Å². The van der Waals surface area contributed by atoms with E-state index < -0.39 is 10.8 Å². The van der Waals surface area contributed by atoms with E-state index in [0.717, 1.165) is 16.6 Å². The normalized spacial score (nSPS) is 11.9. The van der Waals surface area contributed by atoms with Crippen LogP contribution < -0.4 is 10.1 Å². The summed E-state index contributed by atoms with van der Waals surface area (Å²) in [5, 5.41) is 7.39. The molecule has 0 saturated heterocycles. The van der Waals surface area contributed by atoms with Crippen LogP contribution in [-0.2, 0) is 27.6 Å². The summed E-state index contributed by atoms with van der Waals surface area (Å²) in [4.78, 5) is 15.1. The van der Waals surface area contributed by atoms with Crippen molar-refractivity contribution in [2.24, 2.45) is 0 Å². The number of pyridine rings is 1. The molecule has 9 heteroatoms. The molecule has 4 rings (SSSR count). The molecule has 1 N–H and O–H groups in total. The van der Waals surface area contributed by atoms with Gasteiger partial charge < -0.3 is 10.1 Å². The number of fused-ring (bicyclic) bond motifs is 1. The Hall–Kier alpha value is -3.59. The first-order chi connectivity index (χ1) is 16.6. The molecule has 0 saturated carbocycles. The molecule has 2 aromatic carbocycles. The molecule has 0 aliphatic rings. The molecule has 0 aliphatic heterocycles. The highest BCUT2D eigenvalue weighted by molar-refractivity contribution is 7.84. The molecule has 35 heavy (non-hydrogen) atoms. The van der Waals surface area contributed by atoms with E-state index in [1.54, 1.807) is 65.9 Å². The van der Waals surface area contributed by atoms with Crippen LogP contribution in [0.3, 0.4) is 0 Å². The molecule has 1 atom stereocenters. The van der Waals surface area contributed by atoms with Crippen molar-refractivity contribution in [1.29, 1.82) is 0 Å². The monoisotopic (exact) mass is 496 g/mol. The molecule has 1 unspecified atom stereocenters. The molecular formula is C26H29FN4O3S. The highest BCUT2D eigenvalue weighted by atomic mass is 32.2. The average Bonchev–Trinajstić information content (AvgIpc) is 3.29. The summed E-state index contributed by atoms with van der Waals surface area (Å²) in [6.07, 6.45) is 7.96. The predicted molar refractivity (Wildman–Crippen MR) is 137 cm³/mol. The van der Waals surface area contributed by atoms with Crippen LogP contribution in [0.5, 0.6) is 11.5 Å². The van der Waals surface area contributed by atoms with Gasteiger partial charge in [0.2, 0.25) is 6.41 Å². The van der Waals surface area contributed by atoms with Crippen molar-refractivity contribution >= 4 is 33.8 Å². The lowest BCUT2D eigenvalue weighted by Gasteiger charge is -2.18. The van der Waals surface area contributed by atoms with E-state index in [0.29, 0.717) is 34.8 Å². The number of aryl methyl sites for hydroxylation is 1. The van der Waals surface area contributed by atoms with E-state index in [1.807, 2.05) is 27.7 Å². The summed E-state index contributed by atoms with van der Waals surface area (Å²) in [7, 11) is -1.09. The Balaban J connectivity index is 0.000000241. The number of halogens is 1. The first-order valence-electron chi connectivity index (χ1n) is 11.1. The lowest BCUT2D eigenvalue weighted by atomic mass is 10.1. The minimum atomic E-state index is -1.09. The molecule has 2 aromatic heterocycles. The quantitative estimate of drug-likeness (QED) is 0.348. The van der Waals surface area contributed by atoms with Gasteiger partial charge in [-0.15, -0.1) is 0 Å². The van der Waals surface area contributed by atoms with Gasteiger partial charge in [0.1, 0.15) is 17.3 Å². The van der Waals surface area contributed by atoms with E-state index in [-0.39, 0.29) is 11.4 Å². The third-order valence-electron chi connectivity index (χ3n) is 5.13. The molecule has 184 valence electrons. The van der Waals surface area contributed by atoms with Crippen LogP contribution in [0.1, 0.15) is 33.3 Å². The Morgan fingerprint density at radius 1 is 1.17 bits per heavy atom. The molecule has 0 bridgehead atoms. The lowest BCUT2D eigenvalue weighted by Crippen LogP contribution is -2.21. The third kappa shape index (κ3) is 6.73. The van der Waals surface area contributed by atoms with Gasteiger partial charge in [0.25, 0.3) is 0 Å². The maximum Gasteiger partial charge on any atom is 0.211 e. The molecule has 7 nitrogen and oxygen atoms in total. The summed E-state index contributed by atoms with van der Waals surface area (Å²) in [6, 6.07) is 12.0. The number of nitrogens with one attached hydrogen (secondary N) is 1. The molecular weight excluding hydrogens is 467 g/mol. The van der Waals surface area contributed by atoms with Gasteiger partial charge in [0, 0.05) is 45.8 Å². The van der Waals surface area contributed by atoms with Crippen LogP contribution in [0.4, 0.5) is 10.1 Å². The van der Waals surface area contributed by atoms with E-state index in [2.05, 4.69) is 15.4 Å². The number of ether oxygens (including phenoxy) is 1. The molecule has 0 radical (unpaired) electrons. The van der Waals surface area contributed by atoms with Crippen LogP contribution in [0.15, 0.2) is 66.0 Å². The maximum atomic E-state index is 13.9. The number of nitrogens with zero attached hydrogens (tertiary/aromatic N) is 3. The topological polar surface area (TPSA) is 86.1 Å². The molecule has 0 aliphatic carbocycles. The number of carbonyl (C=O) groups excluding carboxylic acids is 1. The van der Waals surface area contributed by atoms with E-state index in [4.69, 9.17) is 4.74 Å².